The van der Waals surface area contributed by atoms with E-state index in [-0.39, 0.29) is 29.6 Å². The second-order valence-corrected chi connectivity index (χ2v) is 5.80. The van der Waals surface area contributed by atoms with Gasteiger partial charge in [-0.3, -0.25) is 4.99 Å². The number of methoxy groups -OCH3 is 1. The SMILES string of the molecule is CN=C(NCC(C)(C)OC)N(C)CCOCC1CC1.I. The molecule has 0 radical (unpaired) electrons. The fraction of sp³-hybridized carbons (Fsp3) is 0.929. The Bertz CT molecular complexity index is 294. The average Bonchev–Trinajstić information content (AvgIpc) is 3.19. The summed E-state index contributed by atoms with van der Waals surface area (Å²) < 4.78 is 11.0. The van der Waals surface area contributed by atoms with Crippen LogP contribution >= 0.6 is 24.0 Å². The highest BCUT2D eigenvalue weighted by atomic mass is 127. The van der Waals surface area contributed by atoms with Gasteiger partial charge in [0.2, 0.25) is 0 Å². The maximum atomic E-state index is 5.64. The van der Waals surface area contributed by atoms with Gasteiger partial charge in [0.05, 0.1) is 12.2 Å². The van der Waals surface area contributed by atoms with Gasteiger partial charge in [-0.05, 0) is 32.6 Å². The Hall–Kier alpha value is -0.0800. The molecule has 6 heteroatoms. The van der Waals surface area contributed by atoms with E-state index in [2.05, 4.69) is 15.2 Å². The largest absolute Gasteiger partial charge is 0.379 e. The molecule has 0 aromatic heterocycles. The van der Waals surface area contributed by atoms with Crippen molar-refractivity contribution in [1.82, 2.24) is 10.2 Å². The smallest absolute Gasteiger partial charge is 0.193 e. The molecule has 1 saturated carbocycles. The minimum Gasteiger partial charge on any atom is -0.379 e. The van der Waals surface area contributed by atoms with E-state index in [4.69, 9.17) is 9.47 Å². The molecule has 0 bridgehead atoms. The highest BCUT2D eigenvalue weighted by molar-refractivity contribution is 14.0. The fourth-order valence-corrected chi connectivity index (χ4v) is 1.59. The quantitative estimate of drug-likeness (QED) is 0.294. The third-order valence-electron chi connectivity index (χ3n) is 3.42. The topological polar surface area (TPSA) is 46.1 Å². The summed E-state index contributed by atoms with van der Waals surface area (Å²) in [4.78, 5) is 6.35. The van der Waals surface area contributed by atoms with E-state index in [1.807, 2.05) is 20.9 Å². The molecule has 120 valence electrons. The summed E-state index contributed by atoms with van der Waals surface area (Å²) in [5.74, 6) is 1.70. The average molecular weight is 399 g/mol. The molecule has 0 spiro atoms. The molecule has 0 saturated heterocycles. The zero-order valence-electron chi connectivity index (χ0n) is 13.4. The molecular weight excluding hydrogens is 369 g/mol. The molecule has 0 amide bonds. The molecule has 0 heterocycles. The zero-order valence-corrected chi connectivity index (χ0v) is 15.8. The molecule has 1 rings (SSSR count). The first-order chi connectivity index (χ1) is 8.98. The van der Waals surface area contributed by atoms with Gasteiger partial charge < -0.3 is 19.7 Å². The molecule has 0 aliphatic heterocycles. The normalized spacial score (nSPS) is 15.8. The summed E-state index contributed by atoms with van der Waals surface area (Å²) in [6, 6.07) is 0. The van der Waals surface area contributed by atoms with Crippen molar-refractivity contribution in [2.45, 2.75) is 32.3 Å². The number of aliphatic imine (C=N–C) groups is 1. The third kappa shape index (κ3) is 8.26. The number of rotatable bonds is 8. The molecule has 1 N–H and O–H groups in total. The Morgan fingerprint density at radius 3 is 2.55 bits per heavy atom. The van der Waals surface area contributed by atoms with E-state index in [0.717, 1.165) is 38.2 Å². The Morgan fingerprint density at radius 2 is 2.05 bits per heavy atom. The predicted octanol–water partition coefficient (Wildman–Crippen LogP) is 1.96. The summed E-state index contributed by atoms with van der Waals surface area (Å²) in [5.41, 5.74) is -0.195. The Balaban J connectivity index is 0.00000361. The number of likely N-dealkylation sites (N-methyl/N-ethyl adjacent to an activating group) is 1. The molecular formula is C14H30IN3O2. The summed E-state index contributed by atoms with van der Waals surface area (Å²) in [6.45, 7) is 7.33. The van der Waals surface area contributed by atoms with Crippen molar-refractivity contribution in [2.75, 3.05) is 47.5 Å². The lowest BCUT2D eigenvalue weighted by atomic mass is 10.1. The monoisotopic (exact) mass is 399 g/mol. The third-order valence-corrected chi connectivity index (χ3v) is 3.42. The van der Waals surface area contributed by atoms with Crippen molar-refractivity contribution < 1.29 is 9.47 Å². The van der Waals surface area contributed by atoms with E-state index in [9.17, 15) is 0 Å². The van der Waals surface area contributed by atoms with Crippen LogP contribution in [0.25, 0.3) is 0 Å². The lowest BCUT2D eigenvalue weighted by molar-refractivity contribution is 0.0263. The highest BCUT2D eigenvalue weighted by Gasteiger charge is 2.21. The standard InChI is InChI=1S/C14H29N3O2.HI/c1-14(2,18-5)11-16-13(15-3)17(4)8-9-19-10-12-6-7-12;/h12H,6-11H2,1-5H3,(H,15,16);1H. The van der Waals surface area contributed by atoms with Crippen molar-refractivity contribution in [2.24, 2.45) is 10.9 Å². The van der Waals surface area contributed by atoms with Crippen LogP contribution < -0.4 is 5.32 Å². The maximum Gasteiger partial charge on any atom is 0.193 e. The maximum absolute atomic E-state index is 5.64. The van der Waals surface area contributed by atoms with Crippen molar-refractivity contribution in [3.63, 3.8) is 0 Å². The first-order valence-electron chi connectivity index (χ1n) is 7.03. The molecule has 1 fully saturated rings. The second kappa shape index (κ2) is 9.78. The molecule has 0 atom stereocenters. The molecule has 0 aromatic carbocycles. The minimum absolute atomic E-state index is 0. The van der Waals surface area contributed by atoms with Crippen LogP contribution in [0.4, 0.5) is 0 Å². The van der Waals surface area contributed by atoms with E-state index >= 15 is 0 Å². The van der Waals surface area contributed by atoms with Gasteiger partial charge in [0.1, 0.15) is 0 Å². The summed E-state index contributed by atoms with van der Waals surface area (Å²) >= 11 is 0. The van der Waals surface area contributed by atoms with E-state index in [0.29, 0.717) is 0 Å². The zero-order chi connectivity index (χ0) is 14.3. The van der Waals surface area contributed by atoms with Gasteiger partial charge in [0.25, 0.3) is 0 Å². The van der Waals surface area contributed by atoms with Crippen LogP contribution in [0.2, 0.25) is 0 Å². The molecule has 1 aliphatic rings. The Kier molecular flexibility index (Phi) is 9.74. The van der Waals surface area contributed by atoms with Gasteiger partial charge in [0, 0.05) is 40.9 Å². The number of hydrogen-bond acceptors (Lipinski definition) is 3. The molecule has 0 unspecified atom stereocenters. The van der Waals surface area contributed by atoms with Gasteiger partial charge in [-0.1, -0.05) is 0 Å². The fourth-order valence-electron chi connectivity index (χ4n) is 1.59. The number of halogens is 1. The lowest BCUT2D eigenvalue weighted by Crippen LogP contribution is -2.46. The Labute approximate surface area is 140 Å². The van der Waals surface area contributed by atoms with Crippen LogP contribution in [0, 0.1) is 5.92 Å². The number of ether oxygens (including phenoxy) is 2. The van der Waals surface area contributed by atoms with Gasteiger partial charge in [0.15, 0.2) is 5.96 Å². The van der Waals surface area contributed by atoms with E-state index in [1.54, 1.807) is 14.2 Å². The Morgan fingerprint density at radius 1 is 1.40 bits per heavy atom. The lowest BCUT2D eigenvalue weighted by Gasteiger charge is -2.27. The molecule has 5 nitrogen and oxygen atoms in total. The predicted molar refractivity (Wildman–Crippen MR) is 94.0 cm³/mol. The summed E-state index contributed by atoms with van der Waals surface area (Å²) in [6.07, 6.45) is 2.68. The van der Waals surface area contributed by atoms with Crippen LogP contribution in [0.1, 0.15) is 26.7 Å². The first kappa shape index (κ1) is 19.9. The number of guanidine groups is 1. The van der Waals surface area contributed by atoms with Crippen LogP contribution in [-0.4, -0.2) is 64.0 Å². The van der Waals surface area contributed by atoms with Crippen LogP contribution in [0.15, 0.2) is 4.99 Å². The minimum atomic E-state index is -0.195. The van der Waals surface area contributed by atoms with Crippen molar-refractivity contribution in [3.05, 3.63) is 0 Å². The number of nitrogens with one attached hydrogen (secondary N) is 1. The van der Waals surface area contributed by atoms with Crippen LogP contribution in [-0.2, 0) is 9.47 Å². The van der Waals surface area contributed by atoms with Gasteiger partial charge in [-0.25, -0.2) is 0 Å². The molecule has 20 heavy (non-hydrogen) atoms. The number of hydrogen-bond donors (Lipinski definition) is 1. The van der Waals surface area contributed by atoms with E-state index in [1.165, 1.54) is 12.8 Å². The van der Waals surface area contributed by atoms with Gasteiger partial charge in [-0.2, -0.15) is 0 Å². The van der Waals surface area contributed by atoms with Crippen molar-refractivity contribution in [3.8, 4) is 0 Å². The van der Waals surface area contributed by atoms with Gasteiger partial charge >= 0.3 is 0 Å². The summed E-state index contributed by atoms with van der Waals surface area (Å²) in [7, 11) is 5.54. The molecule has 1 aliphatic carbocycles. The van der Waals surface area contributed by atoms with Crippen molar-refractivity contribution >= 4 is 29.9 Å². The molecule has 0 aromatic rings. The highest BCUT2D eigenvalue weighted by Crippen LogP contribution is 2.28. The van der Waals surface area contributed by atoms with Crippen LogP contribution in [0.5, 0.6) is 0 Å². The van der Waals surface area contributed by atoms with Crippen LogP contribution in [0.3, 0.4) is 0 Å². The van der Waals surface area contributed by atoms with E-state index < -0.39 is 0 Å². The number of nitrogens with zero attached hydrogens (tertiary/aromatic N) is 2. The summed E-state index contributed by atoms with van der Waals surface area (Å²) in [5, 5.41) is 3.32. The van der Waals surface area contributed by atoms with Crippen molar-refractivity contribution in [1.29, 1.82) is 0 Å². The second-order valence-electron chi connectivity index (χ2n) is 5.80. The van der Waals surface area contributed by atoms with Gasteiger partial charge in [-0.15, -0.1) is 24.0 Å². The first-order valence-corrected chi connectivity index (χ1v) is 7.03.